The summed E-state index contributed by atoms with van der Waals surface area (Å²) >= 11 is 0. The maximum absolute atomic E-state index is 14.9. The van der Waals surface area contributed by atoms with E-state index in [9.17, 15) is 13.6 Å². The number of carbonyl (C=O) groups is 1. The van der Waals surface area contributed by atoms with Crippen molar-refractivity contribution in [1.29, 1.82) is 0 Å². The third-order valence-electron chi connectivity index (χ3n) is 7.10. The lowest BCUT2D eigenvalue weighted by Gasteiger charge is -2.37. The van der Waals surface area contributed by atoms with Crippen molar-refractivity contribution in [1.82, 2.24) is 20.5 Å². The van der Waals surface area contributed by atoms with Crippen LogP contribution in [-0.4, -0.2) is 54.6 Å². The normalized spacial score (nSPS) is 24.0. The summed E-state index contributed by atoms with van der Waals surface area (Å²) in [6, 6.07) is 7.75. The standard InChI is InChI=1S/C25H33F2N5O/c1-16(28-2)21-6-4-7-22(30-21)25(33)32-13-5-8-23(32)19-14-24(29-15-20(19)27)31(3)18-11-9-17(26)10-12-18/h9-12,14-16,21-23,28,30H,4-8,13H2,1-3H3. The van der Waals surface area contributed by atoms with E-state index in [4.69, 9.17) is 0 Å². The topological polar surface area (TPSA) is 60.5 Å². The zero-order chi connectivity index (χ0) is 23.5. The number of amides is 1. The summed E-state index contributed by atoms with van der Waals surface area (Å²) in [6.07, 6.45) is 5.60. The second kappa shape index (κ2) is 10.1. The summed E-state index contributed by atoms with van der Waals surface area (Å²) in [5.41, 5.74) is 1.23. The van der Waals surface area contributed by atoms with E-state index in [1.54, 1.807) is 23.1 Å². The summed E-state index contributed by atoms with van der Waals surface area (Å²) < 4.78 is 28.2. The molecule has 1 amide bonds. The van der Waals surface area contributed by atoms with Gasteiger partial charge in [0, 0.05) is 36.9 Å². The average Bonchev–Trinajstić information content (AvgIpc) is 3.33. The number of likely N-dealkylation sites (tertiary alicyclic amines) is 1. The number of hydrogen-bond donors (Lipinski definition) is 2. The summed E-state index contributed by atoms with van der Waals surface area (Å²) in [6.45, 7) is 2.74. The molecule has 0 spiro atoms. The third-order valence-corrected chi connectivity index (χ3v) is 7.10. The Morgan fingerprint density at radius 2 is 1.97 bits per heavy atom. The Bertz CT molecular complexity index is 970. The van der Waals surface area contributed by atoms with Crippen molar-refractivity contribution in [3.05, 3.63) is 53.7 Å². The quantitative estimate of drug-likeness (QED) is 0.689. The van der Waals surface area contributed by atoms with E-state index in [0.29, 0.717) is 17.9 Å². The molecule has 2 N–H and O–H groups in total. The van der Waals surface area contributed by atoms with Gasteiger partial charge in [-0.2, -0.15) is 0 Å². The van der Waals surface area contributed by atoms with Crippen LogP contribution in [0.2, 0.25) is 0 Å². The number of piperidine rings is 1. The van der Waals surface area contributed by atoms with Crippen LogP contribution in [0.3, 0.4) is 0 Å². The van der Waals surface area contributed by atoms with Crippen LogP contribution < -0.4 is 15.5 Å². The summed E-state index contributed by atoms with van der Waals surface area (Å²) in [5.74, 6) is -0.122. The van der Waals surface area contributed by atoms with Crippen molar-refractivity contribution in [2.24, 2.45) is 0 Å². The van der Waals surface area contributed by atoms with Gasteiger partial charge in [-0.1, -0.05) is 0 Å². The van der Waals surface area contributed by atoms with E-state index in [1.165, 1.54) is 18.3 Å². The smallest absolute Gasteiger partial charge is 0.240 e. The van der Waals surface area contributed by atoms with Gasteiger partial charge in [0.1, 0.15) is 17.5 Å². The van der Waals surface area contributed by atoms with Crippen molar-refractivity contribution in [2.75, 3.05) is 25.5 Å². The van der Waals surface area contributed by atoms with Gasteiger partial charge in [0.2, 0.25) is 5.91 Å². The van der Waals surface area contributed by atoms with Crippen LogP contribution in [0.25, 0.3) is 0 Å². The van der Waals surface area contributed by atoms with Crippen molar-refractivity contribution >= 4 is 17.4 Å². The predicted molar refractivity (Wildman–Crippen MR) is 125 cm³/mol. The molecular weight excluding hydrogens is 424 g/mol. The third kappa shape index (κ3) is 5.01. The van der Waals surface area contributed by atoms with Crippen molar-refractivity contribution in [3.8, 4) is 0 Å². The molecule has 0 radical (unpaired) electrons. The van der Waals surface area contributed by atoms with Crippen LogP contribution in [0.1, 0.15) is 50.6 Å². The maximum Gasteiger partial charge on any atom is 0.240 e. The number of likely N-dealkylation sites (N-methyl/N-ethyl adjacent to an activating group) is 1. The molecule has 4 atom stereocenters. The number of hydrogen-bond acceptors (Lipinski definition) is 5. The number of rotatable bonds is 6. The molecule has 2 aromatic rings. The molecule has 33 heavy (non-hydrogen) atoms. The molecule has 6 nitrogen and oxygen atoms in total. The molecule has 2 aliphatic rings. The first kappa shape index (κ1) is 23.6. The highest BCUT2D eigenvalue weighted by molar-refractivity contribution is 5.83. The summed E-state index contributed by atoms with van der Waals surface area (Å²) in [5, 5.41) is 6.79. The zero-order valence-corrected chi connectivity index (χ0v) is 19.5. The number of halogens is 2. The van der Waals surface area contributed by atoms with Gasteiger partial charge in [0.05, 0.1) is 18.3 Å². The molecule has 8 heteroatoms. The van der Waals surface area contributed by atoms with Crippen LogP contribution in [0, 0.1) is 11.6 Å². The molecule has 4 unspecified atom stereocenters. The van der Waals surface area contributed by atoms with Gasteiger partial charge < -0.3 is 20.4 Å². The Kier molecular flexibility index (Phi) is 7.24. The lowest BCUT2D eigenvalue weighted by Crippen LogP contribution is -2.56. The second-order valence-electron chi connectivity index (χ2n) is 9.12. The zero-order valence-electron chi connectivity index (χ0n) is 19.5. The molecule has 1 aromatic carbocycles. The minimum absolute atomic E-state index is 0.0511. The van der Waals surface area contributed by atoms with Crippen molar-refractivity contribution in [2.45, 2.75) is 63.2 Å². The molecule has 0 bridgehead atoms. The van der Waals surface area contributed by atoms with E-state index in [0.717, 1.165) is 37.8 Å². The molecule has 2 aliphatic heterocycles. The lowest BCUT2D eigenvalue weighted by molar-refractivity contribution is -0.135. The van der Waals surface area contributed by atoms with Gasteiger partial charge in [0.25, 0.3) is 0 Å². The Labute approximate surface area is 194 Å². The minimum atomic E-state index is -0.408. The van der Waals surface area contributed by atoms with Crippen molar-refractivity contribution in [3.63, 3.8) is 0 Å². The maximum atomic E-state index is 14.9. The van der Waals surface area contributed by atoms with E-state index in [-0.39, 0.29) is 35.9 Å². The van der Waals surface area contributed by atoms with Crippen molar-refractivity contribution < 1.29 is 13.6 Å². The van der Waals surface area contributed by atoms with Crippen LogP contribution in [-0.2, 0) is 4.79 Å². The molecule has 0 saturated carbocycles. The molecule has 3 heterocycles. The SMILES string of the molecule is CNC(C)C1CCCC(C(=O)N2CCCC2c2cc(N(C)c3ccc(F)cc3)ncc2F)N1. The number of aromatic nitrogens is 1. The Morgan fingerprint density at radius 3 is 2.70 bits per heavy atom. The van der Waals surface area contributed by atoms with E-state index in [1.807, 2.05) is 19.0 Å². The first-order valence-corrected chi connectivity index (χ1v) is 11.8. The van der Waals surface area contributed by atoms with Crippen LogP contribution in [0.15, 0.2) is 36.5 Å². The Hall–Kier alpha value is -2.58. The minimum Gasteiger partial charge on any atom is -0.334 e. The Balaban J connectivity index is 1.55. The Morgan fingerprint density at radius 1 is 1.21 bits per heavy atom. The van der Waals surface area contributed by atoms with Crippen LogP contribution in [0.5, 0.6) is 0 Å². The number of anilines is 2. The monoisotopic (exact) mass is 457 g/mol. The number of benzene rings is 1. The lowest BCUT2D eigenvalue weighted by atomic mass is 9.93. The van der Waals surface area contributed by atoms with E-state index in [2.05, 4.69) is 22.5 Å². The fourth-order valence-electron chi connectivity index (χ4n) is 4.99. The second-order valence-corrected chi connectivity index (χ2v) is 9.12. The molecule has 1 aromatic heterocycles. The first-order chi connectivity index (χ1) is 15.9. The summed E-state index contributed by atoms with van der Waals surface area (Å²) in [4.78, 5) is 21.4. The van der Waals surface area contributed by atoms with Gasteiger partial charge in [0.15, 0.2) is 0 Å². The van der Waals surface area contributed by atoms with E-state index >= 15 is 0 Å². The fourth-order valence-corrected chi connectivity index (χ4v) is 4.99. The first-order valence-electron chi connectivity index (χ1n) is 11.8. The molecule has 0 aliphatic carbocycles. The fraction of sp³-hybridized carbons (Fsp3) is 0.520. The number of pyridine rings is 1. The molecule has 2 saturated heterocycles. The number of carbonyl (C=O) groups excluding carboxylic acids is 1. The highest BCUT2D eigenvalue weighted by atomic mass is 19.1. The molecule has 4 rings (SSSR count). The van der Waals surface area contributed by atoms with Gasteiger partial charge in [-0.05, 0) is 76.4 Å². The number of nitrogens with one attached hydrogen (secondary N) is 2. The molecular formula is C25H33F2N5O. The van der Waals surface area contributed by atoms with Crippen LogP contribution >= 0.6 is 0 Å². The van der Waals surface area contributed by atoms with Gasteiger partial charge >= 0.3 is 0 Å². The number of nitrogens with zero attached hydrogens (tertiary/aromatic N) is 3. The van der Waals surface area contributed by atoms with Crippen LogP contribution in [0.4, 0.5) is 20.3 Å². The molecule has 178 valence electrons. The highest BCUT2D eigenvalue weighted by Gasteiger charge is 2.38. The predicted octanol–water partition coefficient (Wildman–Crippen LogP) is 3.91. The summed E-state index contributed by atoms with van der Waals surface area (Å²) in [7, 11) is 3.74. The van der Waals surface area contributed by atoms with Gasteiger partial charge in [-0.25, -0.2) is 13.8 Å². The largest absolute Gasteiger partial charge is 0.334 e. The molecule has 2 fully saturated rings. The van der Waals surface area contributed by atoms with Gasteiger partial charge in [-0.3, -0.25) is 4.79 Å². The highest BCUT2D eigenvalue weighted by Crippen LogP contribution is 2.36. The average molecular weight is 458 g/mol. The van der Waals surface area contributed by atoms with Gasteiger partial charge in [-0.15, -0.1) is 0 Å². The van der Waals surface area contributed by atoms with E-state index < -0.39 is 5.82 Å².